The van der Waals surface area contributed by atoms with E-state index >= 15 is 0 Å². The standard InChI is InChI=1S/C16H20N4O2S/c1-2-4-13-17-9-12(23-13)16(21)20-8-3-5-11(20)14-18-15(22-19-14)10-6-7-10/h9-11H,2-8H2,1H3/t11-/m0/s1. The number of rotatable bonds is 5. The Morgan fingerprint density at radius 2 is 2.30 bits per heavy atom. The zero-order valence-electron chi connectivity index (χ0n) is 13.2. The Balaban J connectivity index is 1.52. The summed E-state index contributed by atoms with van der Waals surface area (Å²) in [6.07, 6.45) is 7.82. The van der Waals surface area contributed by atoms with Crippen molar-refractivity contribution in [2.24, 2.45) is 0 Å². The van der Waals surface area contributed by atoms with Crippen LogP contribution in [-0.4, -0.2) is 32.5 Å². The molecule has 0 radical (unpaired) electrons. The highest BCUT2D eigenvalue weighted by Gasteiger charge is 2.36. The zero-order chi connectivity index (χ0) is 15.8. The molecule has 2 fully saturated rings. The molecule has 4 rings (SSSR count). The molecule has 23 heavy (non-hydrogen) atoms. The number of carbonyl (C=O) groups excluding carboxylic acids is 1. The fourth-order valence-corrected chi connectivity index (χ4v) is 4.01. The average molecular weight is 332 g/mol. The quantitative estimate of drug-likeness (QED) is 0.840. The van der Waals surface area contributed by atoms with Crippen molar-refractivity contribution in [3.05, 3.63) is 27.8 Å². The van der Waals surface area contributed by atoms with Crippen LogP contribution >= 0.6 is 11.3 Å². The fraction of sp³-hybridized carbons (Fsp3) is 0.625. The van der Waals surface area contributed by atoms with Crippen molar-refractivity contribution in [3.8, 4) is 0 Å². The van der Waals surface area contributed by atoms with Gasteiger partial charge in [-0.25, -0.2) is 4.98 Å². The lowest BCUT2D eigenvalue weighted by atomic mass is 10.2. The number of nitrogens with zero attached hydrogens (tertiary/aromatic N) is 4. The molecule has 0 unspecified atom stereocenters. The van der Waals surface area contributed by atoms with Crippen LogP contribution in [0.3, 0.4) is 0 Å². The number of amides is 1. The molecule has 7 heteroatoms. The summed E-state index contributed by atoms with van der Waals surface area (Å²) in [5.41, 5.74) is 0. The molecule has 2 aromatic heterocycles. The molecule has 0 bridgehead atoms. The lowest BCUT2D eigenvalue weighted by Crippen LogP contribution is -2.30. The molecule has 3 heterocycles. The molecule has 0 aromatic carbocycles. The van der Waals surface area contributed by atoms with Crippen LogP contribution in [0.5, 0.6) is 0 Å². The highest BCUT2D eigenvalue weighted by molar-refractivity contribution is 7.13. The van der Waals surface area contributed by atoms with E-state index in [9.17, 15) is 4.79 Å². The van der Waals surface area contributed by atoms with Crippen molar-refractivity contribution in [3.63, 3.8) is 0 Å². The Labute approximate surface area is 138 Å². The maximum atomic E-state index is 12.8. The lowest BCUT2D eigenvalue weighted by molar-refractivity contribution is 0.0733. The van der Waals surface area contributed by atoms with Crippen LogP contribution in [0.15, 0.2) is 10.7 Å². The fourth-order valence-electron chi connectivity index (χ4n) is 3.04. The van der Waals surface area contributed by atoms with E-state index in [4.69, 9.17) is 4.52 Å². The van der Waals surface area contributed by atoms with Crippen LogP contribution < -0.4 is 0 Å². The van der Waals surface area contributed by atoms with Gasteiger partial charge < -0.3 is 9.42 Å². The summed E-state index contributed by atoms with van der Waals surface area (Å²) in [4.78, 5) is 24.3. The molecule has 0 spiro atoms. The maximum Gasteiger partial charge on any atom is 0.266 e. The number of hydrogen-bond acceptors (Lipinski definition) is 6. The SMILES string of the molecule is CCCc1ncc(C(=O)N2CCC[C@H]2c2noc(C3CC3)n2)s1. The number of thiazole rings is 1. The van der Waals surface area contributed by atoms with Gasteiger partial charge in [-0.1, -0.05) is 12.1 Å². The predicted octanol–water partition coefficient (Wildman–Crippen LogP) is 3.33. The van der Waals surface area contributed by atoms with E-state index in [1.54, 1.807) is 6.20 Å². The highest BCUT2D eigenvalue weighted by atomic mass is 32.1. The van der Waals surface area contributed by atoms with E-state index in [1.807, 2.05) is 4.90 Å². The van der Waals surface area contributed by atoms with Crippen LogP contribution in [0.1, 0.15) is 77.4 Å². The minimum Gasteiger partial charge on any atom is -0.339 e. The first kappa shape index (κ1) is 14.8. The number of aromatic nitrogens is 3. The van der Waals surface area contributed by atoms with Crippen molar-refractivity contribution in [1.29, 1.82) is 0 Å². The largest absolute Gasteiger partial charge is 0.339 e. The molecular formula is C16H20N4O2S. The summed E-state index contributed by atoms with van der Waals surface area (Å²) in [6.45, 7) is 2.87. The predicted molar refractivity (Wildman–Crippen MR) is 85.4 cm³/mol. The van der Waals surface area contributed by atoms with Gasteiger partial charge in [0.1, 0.15) is 4.88 Å². The molecule has 1 amide bonds. The summed E-state index contributed by atoms with van der Waals surface area (Å²) in [5.74, 6) is 1.89. The van der Waals surface area contributed by atoms with Crippen LogP contribution in [0, 0.1) is 0 Å². The van der Waals surface area contributed by atoms with E-state index in [0.717, 1.165) is 56.0 Å². The van der Waals surface area contributed by atoms with Gasteiger partial charge in [0.05, 0.1) is 17.2 Å². The van der Waals surface area contributed by atoms with Gasteiger partial charge in [0.15, 0.2) is 5.82 Å². The Bertz CT molecular complexity index is 707. The summed E-state index contributed by atoms with van der Waals surface area (Å²) in [6, 6.07) is -0.0597. The zero-order valence-corrected chi connectivity index (χ0v) is 14.0. The molecule has 1 saturated carbocycles. The third-order valence-corrected chi connectivity index (χ3v) is 5.47. The molecule has 122 valence electrons. The molecular weight excluding hydrogens is 312 g/mol. The van der Waals surface area contributed by atoms with Gasteiger partial charge in [0.2, 0.25) is 5.89 Å². The van der Waals surface area contributed by atoms with Gasteiger partial charge in [0, 0.05) is 12.5 Å². The summed E-state index contributed by atoms with van der Waals surface area (Å²) in [7, 11) is 0. The van der Waals surface area contributed by atoms with Gasteiger partial charge in [-0.3, -0.25) is 4.79 Å². The van der Waals surface area contributed by atoms with E-state index in [0.29, 0.717) is 16.6 Å². The summed E-state index contributed by atoms with van der Waals surface area (Å²) < 4.78 is 5.36. The van der Waals surface area contributed by atoms with Crippen molar-refractivity contribution in [2.75, 3.05) is 6.54 Å². The smallest absolute Gasteiger partial charge is 0.266 e. The molecule has 6 nitrogen and oxygen atoms in total. The first-order valence-electron chi connectivity index (χ1n) is 8.35. The topological polar surface area (TPSA) is 72.1 Å². The molecule has 1 saturated heterocycles. The van der Waals surface area contributed by atoms with Gasteiger partial charge in [0.25, 0.3) is 5.91 Å². The van der Waals surface area contributed by atoms with E-state index < -0.39 is 0 Å². The minimum absolute atomic E-state index is 0.0464. The lowest BCUT2D eigenvalue weighted by Gasteiger charge is -2.21. The van der Waals surface area contributed by atoms with Crippen LogP contribution in [0.25, 0.3) is 0 Å². The first-order chi connectivity index (χ1) is 11.3. The molecule has 2 aliphatic rings. The Kier molecular flexibility index (Phi) is 3.88. The third kappa shape index (κ3) is 2.89. The molecule has 0 N–H and O–H groups in total. The number of carbonyl (C=O) groups is 1. The maximum absolute atomic E-state index is 12.8. The summed E-state index contributed by atoms with van der Waals surface area (Å²) in [5, 5.41) is 5.16. The first-order valence-corrected chi connectivity index (χ1v) is 9.17. The second-order valence-corrected chi connectivity index (χ2v) is 7.41. The van der Waals surface area contributed by atoms with Crippen molar-refractivity contribution >= 4 is 17.2 Å². The van der Waals surface area contributed by atoms with Crippen molar-refractivity contribution in [1.82, 2.24) is 20.0 Å². The van der Waals surface area contributed by atoms with E-state index in [2.05, 4.69) is 22.0 Å². The monoisotopic (exact) mass is 332 g/mol. The van der Waals surface area contributed by atoms with Gasteiger partial charge in [-0.15, -0.1) is 11.3 Å². The molecule has 1 atom stereocenters. The Morgan fingerprint density at radius 1 is 1.43 bits per heavy atom. The van der Waals surface area contributed by atoms with Crippen molar-refractivity contribution in [2.45, 2.75) is 57.4 Å². The second-order valence-electron chi connectivity index (χ2n) is 6.29. The van der Waals surface area contributed by atoms with Crippen LogP contribution in [0.4, 0.5) is 0 Å². The van der Waals surface area contributed by atoms with Crippen LogP contribution in [0.2, 0.25) is 0 Å². The van der Waals surface area contributed by atoms with Gasteiger partial charge >= 0.3 is 0 Å². The van der Waals surface area contributed by atoms with Crippen LogP contribution in [-0.2, 0) is 6.42 Å². The van der Waals surface area contributed by atoms with Gasteiger partial charge in [-0.2, -0.15) is 4.98 Å². The van der Waals surface area contributed by atoms with E-state index in [-0.39, 0.29) is 11.9 Å². The molecule has 1 aliphatic carbocycles. The number of hydrogen-bond donors (Lipinski definition) is 0. The minimum atomic E-state index is -0.0597. The normalized spacial score (nSPS) is 21.1. The highest BCUT2D eigenvalue weighted by Crippen LogP contribution is 2.40. The average Bonchev–Trinajstić information content (AvgIpc) is 2.99. The third-order valence-electron chi connectivity index (χ3n) is 4.42. The summed E-state index contributed by atoms with van der Waals surface area (Å²) >= 11 is 1.50. The van der Waals surface area contributed by atoms with Crippen molar-refractivity contribution < 1.29 is 9.32 Å². The number of aryl methyl sites for hydroxylation is 1. The Morgan fingerprint density at radius 3 is 3.09 bits per heavy atom. The van der Waals surface area contributed by atoms with E-state index in [1.165, 1.54) is 11.3 Å². The second kappa shape index (κ2) is 6.03. The number of likely N-dealkylation sites (tertiary alicyclic amines) is 1. The Hall–Kier alpha value is -1.76. The molecule has 2 aromatic rings. The van der Waals surface area contributed by atoms with Gasteiger partial charge in [-0.05, 0) is 38.5 Å². The molecule has 1 aliphatic heterocycles.